The molecule has 1 saturated heterocycles. The minimum Gasteiger partial charge on any atom is -0.354 e. The summed E-state index contributed by atoms with van der Waals surface area (Å²) in [6, 6.07) is -0.620. The van der Waals surface area contributed by atoms with E-state index < -0.39 is 12.0 Å². The van der Waals surface area contributed by atoms with Gasteiger partial charge in [0, 0.05) is 6.54 Å². The second-order valence-corrected chi connectivity index (χ2v) is 9.09. The van der Waals surface area contributed by atoms with Crippen LogP contribution in [0.4, 0.5) is 0 Å². The molecule has 1 rings (SSSR count). The van der Waals surface area contributed by atoms with Crippen molar-refractivity contribution >= 4 is 18.2 Å². The number of nitrogens with zero attached hydrogens (tertiary/aromatic N) is 1. The fourth-order valence-corrected chi connectivity index (χ4v) is 4.24. The smallest absolute Gasteiger partial charge is 0.242 e. The number of unbranched alkanes of at least 4 members (excludes halogenated alkanes) is 1. The molecule has 0 saturated carbocycles. The minimum atomic E-state index is -0.620. The van der Waals surface area contributed by atoms with E-state index in [4.69, 9.17) is 5.73 Å². The van der Waals surface area contributed by atoms with Gasteiger partial charge in [-0.2, -0.15) is 0 Å². The van der Waals surface area contributed by atoms with Crippen LogP contribution in [0, 0.1) is 5.92 Å². The molecule has 0 spiro atoms. The van der Waals surface area contributed by atoms with Crippen molar-refractivity contribution in [1.82, 2.24) is 15.7 Å². The van der Waals surface area contributed by atoms with Gasteiger partial charge in [0.1, 0.15) is 6.04 Å². The van der Waals surface area contributed by atoms with Gasteiger partial charge in [-0.25, -0.2) is 5.06 Å². The van der Waals surface area contributed by atoms with Crippen molar-refractivity contribution in [1.29, 1.82) is 0 Å². The molecule has 8 nitrogen and oxygen atoms in total. The maximum absolute atomic E-state index is 13.0. The fraction of sp³-hybridized carbons (Fsp3) is 0.875. The first-order valence-electron chi connectivity index (χ1n) is 12.8. The van der Waals surface area contributed by atoms with Gasteiger partial charge >= 0.3 is 0 Å². The molecule has 0 aromatic rings. The molecule has 5 N–H and O–H groups in total. The summed E-state index contributed by atoms with van der Waals surface area (Å²) >= 11 is 0. The molecule has 0 aromatic heterocycles. The maximum atomic E-state index is 13.0. The Bertz CT molecular complexity index is 518. The van der Waals surface area contributed by atoms with Gasteiger partial charge < -0.3 is 16.4 Å². The van der Waals surface area contributed by atoms with Crippen LogP contribution in [0.3, 0.4) is 0 Å². The van der Waals surface area contributed by atoms with Crippen molar-refractivity contribution in [2.75, 3.05) is 19.6 Å². The number of nitrogens with two attached hydrogens (primary N) is 1. The van der Waals surface area contributed by atoms with E-state index in [1.165, 1.54) is 44.9 Å². The lowest BCUT2D eigenvalue weighted by molar-refractivity contribution is -0.155. The number of carbonyl (C=O) groups excluding carboxylic acids is 3. The lowest BCUT2D eigenvalue weighted by atomic mass is 9.97. The average Bonchev–Trinajstić information content (AvgIpc) is 2.79. The molecule has 186 valence electrons. The molecule has 32 heavy (non-hydrogen) atoms. The first-order valence-corrected chi connectivity index (χ1v) is 12.8. The largest absolute Gasteiger partial charge is 0.354 e. The minimum absolute atomic E-state index is 0.0630. The van der Waals surface area contributed by atoms with E-state index in [0.29, 0.717) is 37.4 Å². The molecule has 0 aromatic carbocycles. The number of carbonyl (C=O) groups is 3. The summed E-state index contributed by atoms with van der Waals surface area (Å²) in [6.07, 6.45) is 16.8. The molecular formula is C24H46N4O4. The quantitative estimate of drug-likeness (QED) is 0.203. The first-order chi connectivity index (χ1) is 15.6. The van der Waals surface area contributed by atoms with Gasteiger partial charge in [0.2, 0.25) is 18.2 Å². The van der Waals surface area contributed by atoms with E-state index in [1.807, 2.05) is 0 Å². The highest BCUT2D eigenvalue weighted by Gasteiger charge is 2.26. The van der Waals surface area contributed by atoms with Crippen LogP contribution in [0.2, 0.25) is 0 Å². The second kappa shape index (κ2) is 18.9. The van der Waals surface area contributed by atoms with Crippen LogP contribution in [0.1, 0.15) is 103 Å². The monoisotopic (exact) mass is 454 g/mol. The Morgan fingerprint density at radius 3 is 2.00 bits per heavy atom. The number of amides is 3. The van der Waals surface area contributed by atoms with E-state index >= 15 is 0 Å². The molecule has 1 heterocycles. The summed E-state index contributed by atoms with van der Waals surface area (Å²) in [5.74, 6) is -0.992. The van der Waals surface area contributed by atoms with Crippen LogP contribution in [0.15, 0.2) is 0 Å². The van der Waals surface area contributed by atoms with Crippen molar-refractivity contribution in [3.63, 3.8) is 0 Å². The molecule has 1 aliphatic heterocycles. The van der Waals surface area contributed by atoms with Gasteiger partial charge in [-0.05, 0) is 38.6 Å². The number of hydrogen-bond acceptors (Lipinski definition) is 5. The van der Waals surface area contributed by atoms with Crippen LogP contribution in [-0.4, -0.2) is 54.2 Å². The standard InChI is InChI=1S/C24H46N4O4/c25-17-13-12-16-22-24(31)26-18-14-10-8-6-4-2-1-3-5-7-9-11-15-21(23(30)27-22)19-28(32)20-29/h20-22,32H,1-19,25H2,(H,26,31)(H,27,30)/t21-,22+/m1/s1. The second-order valence-electron chi connectivity index (χ2n) is 9.09. The number of hydroxylamine groups is 2. The Kier molecular flexibility index (Phi) is 16.7. The Morgan fingerprint density at radius 1 is 0.875 bits per heavy atom. The summed E-state index contributed by atoms with van der Waals surface area (Å²) in [4.78, 5) is 36.6. The fourth-order valence-electron chi connectivity index (χ4n) is 4.24. The van der Waals surface area contributed by atoms with Gasteiger partial charge in [-0.3, -0.25) is 19.6 Å². The lowest BCUT2D eigenvalue weighted by Crippen LogP contribution is -2.50. The van der Waals surface area contributed by atoms with Gasteiger partial charge in [-0.15, -0.1) is 0 Å². The van der Waals surface area contributed by atoms with E-state index in [0.717, 1.165) is 44.9 Å². The number of hydrogen-bond donors (Lipinski definition) is 4. The summed E-state index contributed by atoms with van der Waals surface area (Å²) in [5, 5.41) is 16.0. The van der Waals surface area contributed by atoms with Gasteiger partial charge in [0.15, 0.2) is 0 Å². The molecule has 1 fully saturated rings. The Balaban J connectivity index is 2.76. The SMILES string of the molecule is NCCCC[C@@H]1NC(=O)[C@@H](CN(O)C=O)CCCCCCCCCCCCCCNC1=O. The highest BCUT2D eigenvalue weighted by Crippen LogP contribution is 2.16. The van der Waals surface area contributed by atoms with Crippen molar-refractivity contribution in [3.8, 4) is 0 Å². The molecule has 0 bridgehead atoms. The molecule has 1 aliphatic rings. The van der Waals surface area contributed by atoms with Crippen LogP contribution in [0.25, 0.3) is 0 Å². The zero-order valence-electron chi connectivity index (χ0n) is 19.9. The van der Waals surface area contributed by atoms with Crippen LogP contribution < -0.4 is 16.4 Å². The topological polar surface area (TPSA) is 125 Å². The van der Waals surface area contributed by atoms with E-state index in [-0.39, 0.29) is 18.4 Å². The molecule has 3 amide bonds. The van der Waals surface area contributed by atoms with Crippen molar-refractivity contribution in [2.45, 2.75) is 109 Å². The van der Waals surface area contributed by atoms with Crippen molar-refractivity contribution < 1.29 is 19.6 Å². The van der Waals surface area contributed by atoms with Crippen molar-refractivity contribution in [2.24, 2.45) is 11.7 Å². The van der Waals surface area contributed by atoms with Crippen molar-refractivity contribution in [3.05, 3.63) is 0 Å². The van der Waals surface area contributed by atoms with Crippen LogP contribution in [0.5, 0.6) is 0 Å². The zero-order chi connectivity index (χ0) is 23.4. The Labute approximate surface area is 194 Å². The summed E-state index contributed by atoms with van der Waals surface area (Å²) in [5.41, 5.74) is 5.59. The highest BCUT2D eigenvalue weighted by molar-refractivity contribution is 5.88. The molecule has 0 aliphatic carbocycles. The van der Waals surface area contributed by atoms with Gasteiger partial charge in [-0.1, -0.05) is 70.6 Å². The summed E-state index contributed by atoms with van der Waals surface area (Å²) in [6.45, 7) is 1.09. The third kappa shape index (κ3) is 13.7. The van der Waals surface area contributed by atoms with E-state index in [1.54, 1.807) is 0 Å². The predicted octanol–water partition coefficient (Wildman–Crippen LogP) is 3.27. The Morgan fingerprint density at radius 2 is 1.44 bits per heavy atom. The van der Waals surface area contributed by atoms with Gasteiger partial charge in [0.25, 0.3) is 0 Å². The number of nitrogens with one attached hydrogen (secondary N) is 2. The Hall–Kier alpha value is -1.67. The maximum Gasteiger partial charge on any atom is 0.242 e. The third-order valence-corrected chi connectivity index (χ3v) is 6.26. The van der Waals surface area contributed by atoms with E-state index in [9.17, 15) is 19.6 Å². The number of rotatable bonds is 7. The normalized spacial score (nSPS) is 23.6. The van der Waals surface area contributed by atoms with Gasteiger partial charge in [0.05, 0.1) is 12.5 Å². The van der Waals surface area contributed by atoms with Crippen LogP contribution >= 0.6 is 0 Å². The molecule has 0 unspecified atom stereocenters. The predicted molar refractivity (Wildman–Crippen MR) is 126 cm³/mol. The molecule has 0 radical (unpaired) electrons. The molecular weight excluding hydrogens is 408 g/mol. The highest BCUT2D eigenvalue weighted by atomic mass is 16.5. The zero-order valence-corrected chi connectivity index (χ0v) is 19.9. The molecule has 8 heteroatoms. The molecule has 2 atom stereocenters. The average molecular weight is 455 g/mol. The van der Waals surface area contributed by atoms with Crippen LogP contribution in [-0.2, 0) is 14.4 Å². The van der Waals surface area contributed by atoms with E-state index in [2.05, 4.69) is 10.6 Å². The summed E-state index contributed by atoms with van der Waals surface area (Å²) < 4.78 is 0. The first kappa shape index (κ1) is 28.4. The lowest BCUT2D eigenvalue weighted by Gasteiger charge is -2.24. The third-order valence-electron chi connectivity index (χ3n) is 6.26. The summed E-state index contributed by atoms with van der Waals surface area (Å²) in [7, 11) is 0.